The van der Waals surface area contributed by atoms with Crippen molar-refractivity contribution in [2.45, 2.75) is 0 Å². The minimum absolute atomic E-state index is 0.0773. The summed E-state index contributed by atoms with van der Waals surface area (Å²) in [5.41, 5.74) is 1.87. The molecule has 8 heteroatoms. The number of aromatic nitrogens is 2. The number of methoxy groups -OCH3 is 1. The first-order valence-electron chi connectivity index (χ1n) is 6.63. The zero-order valence-corrected chi connectivity index (χ0v) is 13.6. The zero-order valence-electron chi connectivity index (χ0n) is 12.0. The number of thiophene rings is 1. The van der Waals surface area contributed by atoms with Gasteiger partial charge in [-0.15, -0.1) is 11.3 Å². The molecule has 2 N–H and O–H groups in total. The number of nitrogens with zero attached hydrogens (tertiary/aromatic N) is 2. The van der Waals surface area contributed by atoms with E-state index in [-0.39, 0.29) is 11.8 Å². The molecule has 0 saturated carbocycles. The Morgan fingerprint density at radius 3 is 2.74 bits per heavy atom. The van der Waals surface area contributed by atoms with Gasteiger partial charge in [0, 0.05) is 10.9 Å². The van der Waals surface area contributed by atoms with Crippen LogP contribution in [0.15, 0.2) is 29.6 Å². The third kappa shape index (κ3) is 3.20. The van der Waals surface area contributed by atoms with E-state index in [4.69, 9.17) is 21.4 Å². The van der Waals surface area contributed by atoms with Crippen LogP contribution < -0.4 is 10.1 Å². The first kappa shape index (κ1) is 15.5. The van der Waals surface area contributed by atoms with E-state index >= 15 is 0 Å². The highest BCUT2D eigenvalue weighted by Crippen LogP contribution is 2.37. The van der Waals surface area contributed by atoms with E-state index in [2.05, 4.69) is 15.3 Å². The quantitative estimate of drug-likeness (QED) is 0.686. The highest BCUT2D eigenvalue weighted by molar-refractivity contribution is 7.17. The van der Waals surface area contributed by atoms with Gasteiger partial charge in [-0.2, -0.15) is 0 Å². The molecule has 0 unspecified atom stereocenters. The maximum atomic E-state index is 10.8. The summed E-state index contributed by atoms with van der Waals surface area (Å²) >= 11 is 7.34. The number of nitrogens with one attached hydrogen (secondary N) is 1. The predicted molar refractivity (Wildman–Crippen MR) is 90.5 cm³/mol. The lowest BCUT2D eigenvalue weighted by Gasteiger charge is -2.08. The lowest BCUT2D eigenvalue weighted by Crippen LogP contribution is -2.13. The molecular weight excluding hydrogens is 338 g/mol. The molecule has 23 heavy (non-hydrogen) atoms. The van der Waals surface area contributed by atoms with Gasteiger partial charge in [0.15, 0.2) is 0 Å². The molecule has 118 valence electrons. The first-order valence-corrected chi connectivity index (χ1v) is 7.89. The normalized spacial score (nSPS) is 10.7. The van der Waals surface area contributed by atoms with Gasteiger partial charge in [-0.3, -0.25) is 4.79 Å². The number of fused-ring (bicyclic) bond motifs is 1. The number of carboxylic acids is 1. The van der Waals surface area contributed by atoms with Crippen LogP contribution in [0.5, 0.6) is 5.75 Å². The number of halogens is 1. The van der Waals surface area contributed by atoms with Gasteiger partial charge < -0.3 is 15.2 Å². The molecule has 0 fully saturated rings. The summed E-state index contributed by atoms with van der Waals surface area (Å²) in [5, 5.41) is 14.4. The van der Waals surface area contributed by atoms with E-state index in [1.165, 1.54) is 11.3 Å². The minimum Gasteiger partial charge on any atom is -0.497 e. The zero-order chi connectivity index (χ0) is 16.4. The van der Waals surface area contributed by atoms with Crippen molar-refractivity contribution in [3.05, 3.63) is 34.9 Å². The van der Waals surface area contributed by atoms with Gasteiger partial charge in [0.05, 0.1) is 12.5 Å². The molecule has 0 spiro atoms. The topological polar surface area (TPSA) is 84.3 Å². The van der Waals surface area contributed by atoms with Crippen LogP contribution >= 0.6 is 22.9 Å². The van der Waals surface area contributed by atoms with Crippen molar-refractivity contribution in [3.63, 3.8) is 0 Å². The molecule has 0 aliphatic carbocycles. The second-order valence-electron chi connectivity index (χ2n) is 4.65. The summed E-state index contributed by atoms with van der Waals surface area (Å²) < 4.78 is 5.16. The molecule has 0 saturated heterocycles. The number of ether oxygens (including phenoxy) is 1. The van der Waals surface area contributed by atoms with Crippen molar-refractivity contribution in [2.75, 3.05) is 19.0 Å². The Morgan fingerprint density at radius 1 is 1.35 bits per heavy atom. The van der Waals surface area contributed by atoms with Crippen molar-refractivity contribution in [3.8, 4) is 16.9 Å². The summed E-state index contributed by atoms with van der Waals surface area (Å²) in [7, 11) is 1.61. The molecule has 0 atom stereocenters. The summed E-state index contributed by atoms with van der Waals surface area (Å²) in [6, 6.07) is 7.58. The third-order valence-corrected chi connectivity index (χ3v) is 4.26. The molecule has 6 nitrogen and oxygen atoms in total. The van der Waals surface area contributed by atoms with Crippen molar-refractivity contribution in [1.29, 1.82) is 0 Å². The van der Waals surface area contributed by atoms with E-state index in [0.29, 0.717) is 10.6 Å². The number of carbonyl (C=O) groups is 1. The Kier molecular flexibility index (Phi) is 4.31. The molecule has 0 aliphatic heterocycles. The van der Waals surface area contributed by atoms with Gasteiger partial charge in [0.2, 0.25) is 5.28 Å². The molecule has 0 radical (unpaired) electrons. The van der Waals surface area contributed by atoms with E-state index in [1.807, 2.05) is 29.6 Å². The van der Waals surface area contributed by atoms with Crippen LogP contribution in [0.3, 0.4) is 0 Å². The van der Waals surface area contributed by atoms with Crippen LogP contribution in [-0.4, -0.2) is 34.7 Å². The predicted octanol–water partition coefficient (Wildman–Crippen LogP) is 3.52. The second-order valence-corrected chi connectivity index (χ2v) is 5.84. The first-order chi connectivity index (χ1) is 11.1. The largest absolute Gasteiger partial charge is 0.497 e. The smallest absolute Gasteiger partial charge is 0.322 e. The van der Waals surface area contributed by atoms with Gasteiger partial charge in [0.1, 0.15) is 22.9 Å². The number of hydrogen-bond acceptors (Lipinski definition) is 6. The molecule has 0 amide bonds. The summed E-state index contributed by atoms with van der Waals surface area (Å²) in [6.45, 7) is -0.250. The highest BCUT2D eigenvalue weighted by atomic mass is 35.5. The molecule has 0 bridgehead atoms. The van der Waals surface area contributed by atoms with E-state index < -0.39 is 5.97 Å². The third-order valence-electron chi connectivity index (χ3n) is 3.21. The standard InChI is InChI=1S/C15H12ClN3O3S/c1-22-9-4-2-8(3-5-9)10-7-23-14-12(10)13(17-6-11(20)21)18-15(16)19-14/h2-5,7H,6H2,1H3,(H,20,21)(H,17,18,19). The van der Waals surface area contributed by atoms with Crippen LogP contribution in [0.2, 0.25) is 5.28 Å². The lowest BCUT2D eigenvalue weighted by molar-refractivity contribution is -0.134. The number of aliphatic carboxylic acids is 1. The summed E-state index contributed by atoms with van der Waals surface area (Å²) in [4.78, 5) is 19.8. The van der Waals surface area contributed by atoms with Gasteiger partial charge in [-0.25, -0.2) is 9.97 Å². The van der Waals surface area contributed by atoms with Gasteiger partial charge >= 0.3 is 5.97 Å². The summed E-state index contributed by atoms with van der Waals surface area (Å²) in [6.07, 6.45) is 0. The van der Waals surface area contributed by atoms with Crippen LogP contribution in [0.1, 0.15) is 0 Å². The average molecular weight is 350 g/mol. The Morgan fingerprint density at radius 2 is 2.09 bits per heavy atom. The van der Waals surface area contributed by atoms with E-state index in [9.17, 15) is 4.79 Å². The molecule has 2 heterocycles. The van der Waals surface area contributed by atoms with Crippen LogP contribution in [0, 0.1) is 0 Å². The molecule has 2 aromatic heterocycles. The second kappa shape index (κ2) is 6.39. The molecular formula is C15H12ClN3O3S. The van der Waals surface area contributed by atoms with Crippen molar-refractivity contribution >= 4 is 44.9 Å². The Hall–Kier alpha value is -2.38. The minimum atomic E-state index is -0.978. The molecule has 0 aliphatic rings. The number of anilines is 1. The van der Waals surface area contributed by atoms with Crippen molar-refractivity contribution in [1.82, 2.24) is 9.97 Å². The maximum Gasteiger partial charge on any atom is 0.322 e. The molecule has 3 aromatic rings. The van der Waals surface area contributed by atoms with Gasteiger partial charge in [-0.05, 0) is 29.3 Å². The number of hydrogen-bond donors (Lipinski definition) is 2. The van der Waals surface area contributed by atoms with E-state index in [1.54, 1.807) is 7.11 Å². The van der Waals surface area contributed by atoms with Crippen LogP contribution in [-0.2, 0) is 4.79 Å². The Balaban J connectivity index is 2.11. The van der Waals surface area contributed by atoms with Crippen LogP contribution in [0.4, 0.5) is 5.82 Å². The van der Waals surface area contributed by atoms with Crippen molar-refractivity contribution in [2.24, 2.45) is 0 Å². The maximum absolute atomic E-state index is 10.8. The Labute approximate surface area is 140 Å². The fraction of sp³-hybridized carbons (Fsp3) is 0.133. The average Bonchev–Trinajstić information content (AvgIpc) is 2.96. The monoisotopic (exact) mass is 349 g/mol. The van der Waals surface area contributed by atoms with Crippen molar-refractivity contribution < 1.29 is 14.6 Å². The molecule has 3 rings (SSSR count). The fourth-order valence-electron chi connectivity index (χ4n) is 2.19. The summed E-state index contributed by atoms with van der Waals surface area (Å²) in [5.74, 6) is 0.195. The van der Waals surface area contributed by atoms with E-state index in [0.717, 1.165) is 22.3 Å². The number of carboxylic acid groups (broad SMARTS) is 1. The number of rotatable bonds is 5. The number of benzene rings is 1. The van der Waals surface area contributed by atoms with Gasteiger partial charge in [0.25, 0.3) is 0 Å². The SMILES string of the molecule is COc1ccc(-c2csc3nc(Cl)nc(NCC(=O)O)c23)cc1. The highest BCUT2D eigenvalue weighted by Gasteiger charge is 2.15. The molecule has 1 aromatic carbocycles. The Bertz CT molecular complexity index is 864. The lowest BCUT2D eigenvalue weighted by atomic mass is 10.1. The van der Waals surface area contributed by atoms with Gasteiger partial charge in [-0.1, -0.05) is 12.1 Å². The van der Waals surface area contributed by atoms with Crippen LogP contribution in [0.25, 0.3) is 21.3 Å². The fourth-order valence-corrected chi connectivity index (χ4v) is 3.35.